The zero-order chi connectivity index (χ0) is 15.3. The summed E-state index contributed by atoms with van der Waals surface area (Å²) in [6.45, 7) is 0. The first-order valence-corrected chi connectivity index (χ1v) is 6.75. The monoisotopic (exact) mass is 293 g/mol. The first-order chi connectivity index (χ1) is 10.6. The van der Waals surface area contributed by atoms with Crippen molar-refractivity contribution < 1.29 is 14.7 Å². The molecule has 22 heavy (non-hydrogen) atoms. The van der Waals surface area contributed by atoms with E-state index in [1.165, 1.54) is 12.1 Å². The van der Waals surface area contributed by atoms with E-state index < -0.39 is 5.97 Å². The van der Waals surface area contributed by atoms with Crippen LogP contribution in [0.2, 0.25) is 0 Å². The largest absolute Gasteiger partial charge is 0.478 e. The van der Waals surface area contributed by atoms with Crippen LogP contribution in [0.25, 0.3) is 16.9 Å². The van der Waals surface area contributed by atoms with Gasteiger partial charge in [-0.2, -0.15) is 0 Å². The number of anilines is 1. The van der Waals surface area contributed by atoms with Crippen molar-refractivity contribution in [2.24, 2.45) is 0 Å². The molecular weight excluding hydrogens is 282 g/mol. The molecule has 0 spiro atoms. The third kappa shape index (κ3) is 1.93. The van der Waals surface area contributed by atoms with E-state index in [0.29, 0.717) is 12.1 Å². The van der Waals surface area contributed by atoms with Crippen molar-refractivity contribution in [3.8, 4) is 11.3 Å². The number of nitrogens with one attached hydrogen (secondary N) is 1. The molecule has 0 bridgehead atoms. The van der Waals surface area contributed by atoms with Crippen molar-refractivity contribution in [2.75, 3.05) is 5.32 Å². The van der Waals surface area contributed by atoms with Crippen LogP contribution in [-0.2, 0) is 11.2 Å². The smallest absolute Gasteiger partial charge is 0.335 e. The van der Waals surface area contributed by atoms with Crippen LogP contribution in [0.4, 0.5) is 5.69 Å². The van der Waals surface area contributed by atoms with Crippen LogP contribution in [-0.4, -0.2) is 26.4 Å². The maximum atomic E-state index is 11.4. The fraction of sp³-hybridized carbons (Fsp3) is 0.0625. The van der Waals surface area contributed by atoms with Gasteiger partial charge in [0.2, 0.25) is 5.91 Å². The average molecular weight is 293 g/mol. The highest BCUT2D eigenvalue weighted by Crippen LogP contribution is 2.28. The van der Waals surface area contributed by atoms with E-state index in [2.05, 4.69) is 10.3 Å². The van der Waals surface area contributed by atoms with Crippen molar-refractivity contribution in [3.05, 3.63) is 53.9 Å². The highest BCUT2D eigenvalue weighted by Gasteiger charge is 2.18. The summed E-state index contributed by atoms with van der Waals surface area (Å²) in [5, 5.41) is 11.8. The minimum atomic E-state index is -0.978. The molecule has 1 aliphatic rings. The summed E-state index contributed by atoms with van der Waals surface area (Å²) < 4.78 is 1.78. The molecule has 0 saturated carbocycles. The Morgan fingerprint density at radius 3 is 2.95 bits per heavy atom. The molecule has 6 heteroatoms. The normalized spacial score (nSPS) is 13.2. The SMILES string of the molecule is O=C1Cc2cc(-c3cn4ccc(C(=O)O)cc4n3)ccc2N1. The average Bonchev–Trinajstić information content (AvgIpc) is 3.07. The number of aromatic carboxylic acids is 1. The molecule has 0 atom stereocenters. The maximum absolute atomic E-state index is 11.4. The van der Waals surface area contributed by atoms with Crippen LogP contribution in [0, 0.1) is 0 Å². The van der Waals surface area contributed by atoms with Gasteiger partial charge in [0.05, 0.1) is 17.7 Å². The van der Waals surface area contributed by atoms with E-state index in [4.69, 9.17) is 5.11 Å². The van der Waals surface area contributed by atoms with E-state index in [-0.39, 0.29) is 11.5 Å². The Labute approximate surface area is 125 Å². The van der Waals surface area contributed by atoms with Crippen LogP contribution < -0.4 is 5.32 Å². The van der Waals surface area contributed by atoms with Crippen molar-refractivity contribution >= 4 is 23.2 Å². The number of nitrogens with zero attached hydrogens (tertiary/aromatic N) is 2. The van der Waals surface area contributed by atoms with Gasteiger partial charge < -0.3 is 14.8 Å². The number of benzene rings is 1. The van der Waals surface area contributed by atoms with Crippen LogP contribution >= 0.6 is 0 Å². The van der Waals surface area contributed by atoms with Crippen LogP contribution in [0.3, 0.4) is 0 Å². The number of rotatable bonds is 2. The Kier molecular flexibility index (Phi) is 2.53. The minimum Gasteiger partial charge on any atom is -0.478 e. The molecule has 2 aromatic heterocycles. The summed E-state index contributed by atoms with van der Waals surface area (Å²) in [5.41, 5.74) is 4.20. The highest BCUT2D eigenvalue weighted by molar-refractivity contribution is 5.99. The number of amides is 1. The fourth-order valence-corrected chi connectivity index (χ4v) is 2.64. The summed E-state index contributed by atoms with van der Waals surface area (Å²) in [7, 11) is 0. The van der Waals surface area contributed by atoms with E-state index >= 15 is 0 Å². The van der Waals surface area contributed by atoms with Gasteiger partial charge in [0.1, 0.15) is 5.65 Å². The highest BCUT2D eigenvalue weighted by atomic mass is 16.4. The van der Waals surface area contributed by atoms with E-state index in [9.17, 15) is 9.59 Å². The lowest BCUT2D eigenvalue weighted by Crippen LogP contribution is -2.03. The molecule has 6 nitrogen and oxygen atoms in total. The van der Waals surface area contributed by atoms with Gasteiger partial charge in [0.15, 0.2) is 0 Å². The maximum Gasteiger partial charge on any atom is 0.335 e. The molecule has 108 valence electrons. The minimum absolute atomic E-state index is 0.00625. The second kappa shape index (κ2) is 4.42. The molecule has 2 N–H and O–H groups in total. The molecule has 3 heterocycles. The number of carboxylic acid groups (broad SMARTS) is 1. The van der Waals surface area contributed by atoms with Crippen LogP contribution in [0.5, 0.6) is 0 Å². The number of imidazole rings is 1. The van der Waals surface area contributed by atoms with Crippen LogP contribution in [0.15, 0.2) is 42.7 Å². The summed E-state index contributed by atoms with van der Waals surface area (Å²) in [6, 6.07) is 8.76. The predicted octanol–water partition coefficient (Wildman–Crippen LogP) is 2.19. The van der Waals surface area contributed by atoms with Gasteiger partial charge in [-0.05, 0) is 29.8 Å². The van der Waals surface area contributed by atoms with Crippen molar-refractivity contribution in [2.45, 2.75) is 6.42 Å². The summed E-state index contributed by atoms with van der Waals surface area (Å²) in [6.07, 6.45) is 3.89. The van der Waals surface area contributed by atoms with Gasteiger partial charge >= 0.3 is 5.97 Å². The number of hydrogen-bond acceptors (Lipinski definition) is 3. The number of hydrogen-bond donors (Lipinski definition) is 2. The Balaban J connectivity index is 1.80. The second-order valence-electron chi connectivity index (χ2n) is 5.21. The Hall–Kier alpha value is -3.15. The Bertz CT molecular complexity index is 943. The number of carbonyl (C=O) groups is 2. The molecular formula is C16H11N3O3. The summed E-state index contributed by atoms with van der Waals surface area (Å²) in [5.74, 6) is -0.984. The van der Waals surface area contributed by atoms with E-state index in [0.717, 1.165) is 22.5 Å². The Morgan fingerprint density at radius 1 is 1.27 bits per heavy atom. The summed E-state index contributed by atoms with van der Waals surface area (Å²) in [4.78, 5) is 26.9. The third-order valence-corrected chi connectivity index (χ3v) is 3.73. The van der Waals surface area contributed by atoms with Crippen molar-refractivity contribution in [1.29, 1.82) is 0 Å². The lowest BCUT2D eigenvalue weighted by molar-refractivity contribution is -0.115. The number of carbonyl (C=O) groups excluding carboxylic acids is 1. The van der Waals surface area contributed by atoms with E-state index in [1.807, 2.05) is 24.4 Å². The zero-order valence-corrected chi connectivity index (χ0v) is 11.4. The quantitative estimate of drug-likeness (QED) is 0.758. The van der Waals surface area contributed by atoms with Crippen molar-refractivity contribution in [1.82, 2.24) is 9.38 Å². The lowest BCUT2D eigenvalue weighted by atomic mass is 10.1. The number of pyridine rings is 1. The molecule has 0 fully saturated rings. The van der Waals surface area contributed by atoms with E-state index in [1.54, 1.807) is 10.6 Å². The molecule has 3 aromatic rings. The Morgan fingerprint density at radius 2 is 2.14 bits per heavy atom. The van der Waals surface area contributed by atoms with Crippen LogP contribution in [0.1, 0.15) is 15.9 Å². The molecule has 0 saturated heterocycles. The number of carboxylic acids is 1. The number of fused-ring (bicyclic) bond motifs is 2. The predicted molar refractivity (Wildman–Crippen MR) is 79.9 cm³/mol. The first kappa shape index (κ1) is 12.6. The van der Waals surface area contributed by atoms with Gasteiger partial charge in [-0.25, -0.2) is 9.78 Å². The van der Waals surface area contributed by atoms with Crippen molar-refractivity contribution in [3.63, 3.8) is 0 Å². The first-order valence-electron chi connectivity index (χ1n) is 6.75. The molecule has 0 aliphatic carbocycles. The lowest BCUT2D eigenvalue weighted by Gasteiger charge is -2.00. The van der Waals surface area contributed by atoms with Gasteiger partial charge in [0, 0.05) is 23.6 Å². The fourth-order valence-electron chi connectivity index (χ4n) is 2.64. The molecule has 1 aliphatic heterocycles. The molecule has 4 rings (SSSR count). The second-order valence-corrected chi connectivity index (χ2v) is 5.21. The molecule has 1 aromatic carbocycles. The van der Waals surface area contributed by atoms with Gasteiger partial charge in [0.25, 0.3) is 0 Å². The molecule has 0 unspecified atom stereocenters. The third-order valence-electron chi connectivity index (χ3n) is 3.73. The number of aromatic nitrogens is 2. The molecule has 0 radical (unpaired) electrons. The van der Waals surface area contributed by atoms with Gasteiger partial charge in [-0.3, -0.25) is 4.79 Å². The van der Waals surface area contributed by atoms with Gasteiger partial charge in [-0.15, -0.1) is 0 Å². The zero-order valence-electron chi connectivity index (χ0n) is 11.4. The molecule has 1 amide bonds. The standard InChI is InChI=1S/C16H11N3O3/c20-15-7-11-5-9(1-2-12(11)18-15)13-8-19-4-3-10(16(21)22)6-14(19)17-13/h1-6,8H,7H2,(H,18,20)(H,21,22). The topological polar surface area (TPSA) is 83.7 Å². The van der Waals surface area contributed by atoms with Gasteiger partial charge in [-0.1, -0.05) is 6.07 Å². The summed E-state index contributed by atoms with van der Waals surface area (Å²) >= 11 is 0.